The summed E-state index contributed by atoms with van der Waals surface area (Å²) in [4.78, 5) is 21.0. The standard InChI is InChI=1S/C27H24N4O4/c1-14-2-5-19-18(12-14)29-27(31(19)10-11-32)24-23-17-13-15(3-6-20(17)35-25(23)24)34-21-8-9-28-26-16(21)4-7-22(33)30-26/h2-3,5-6,8-9,12-13,23-25,32H,4,7,10-11H2,1H3,(H,28,30,33). The third-order valence-corrected chi connectivity index (χ3v) is 7.21. The summed E-state index contributed by atoms with van der Waals surface area (Å²) < 4.78 is 14.7. The number of fused-ring (bicyclic) bond motifs is 5. The maximum absolute atomic E-state index is 11.7. The number of pyridine rings is 1. The van der Waals surface area contributed by atoms with Crippen LogP contribution in [0.1, 0.15) is 40.8 Å². The van der Waals surface area contributed by atoms with Crippen LogP contribution in [-0.4, -0.2) is 38.3 Å². The zero-order valence-electron chi connectivity index (χ0n) is 19.2. The van der Waals surface area contributed by atoms with Crippen LogP contribution in [0.2, 0.25) is 0 Å². The number of carbonyl (C=O) groups is 1. The second-order valence-corrected chi connectivity index (χ2v) is 9.46. The van der Waals surface area contributed by atoms with Crippen LogP contribution in [0.5, 0.6) is 17.2 Å². The predicted molar refractivity (Wildman–Crippen MR) is 129 cm³/mol. The van der Waals surface area contributed by atoms with E-state index in [1.54, 1.807) is 6.20 Å². The van der Waals surface area contributed by atoms with E-state index in [9.17, 15) is 9.90 Å². The summed E-state index contributed by atoms with van der Waals surface area (Å²) in [6.45, 7) is 2.62. The van der Waals surface area contributed by atoms with Crippen molar-refractivity contribution in [1.82, 2.24) is 14.5 Å². The quantitative estimate of drug-likeness (QED) is 0.459. The van der Waals surface area contributed by atoms with Crippen molar-refractivity contribution in [2.75, 3.05) is 11.9 Å². The highest BCUT2D eigenvalue weighted by molar-refractivity contribution is 5.93. The molecule has 176 valence electrons. The average Bonchev–Trinajstić information content (AvgIpc) is 3.25. The molecule has 0 saturated heterocycles. The van der Waals surface area contributed by atoms with Gasteiger partial charge < -0.3 is 24.5 Å². The van der Waals surface area contributed by atoms with Crippen molar-refractivity contribution in [3.63, 3.8) is 0 Å². The first-order valence-corrected chi connectivity index (χ1v) is 11.9. The molecule has 1 fully saturated rings. The molecule has 35 heavy (non-hydrogen) atoms. The second-order valence-electron chi connectivity index (χ2n) is 9.46. The number of hydrogen-bond donors (Lipinski definition) is 2. The molecule has 8 nitrogen and oxygen atoms in total. The van der Waals surface area contributed by atoms with Crippen molar-refractivity contribution in [3.8, 4) is 17.2 Å². The van der Waals surface area contributed by atoms with Gasteiger partial charge in [0.15, 0.2) is 0 Å². The molecule has 3 unspecified atom stereocenters. The summed E-state index contributed by atoms with van der Waals surface area (Å²) in [6.07, 6.45) is 2.72. The number of anilines is 1. The first-order valence-electron chi connectivity index (χ1n) is 11.9. The first kappa shape index (κ1) is 20.5. The van der Waals surface area contributed by atoms with Crippen LogP contribution in [0.25, 0.3) is 11.0 Å². The smallest absolute Gasteiger partial charge is 0.225 e. The van der Waals surface area contributed by atoms with Gasteiger partial charge in [0.25, 0.3) is 0 Å². The van der Waals surface area contributed by atoms with E-state index in [2.05, 4.69) is 46.1 Å². The minimum atomic E-state index is -0.0231. The van der Waals surface area contributed by atoms with Crippen molar-refractivity contribution in [2.24, 2.45) is 0 Å². The Morgan fingerprint density at radius 1 is 1.17 bits per heavy atom. The van der Waals surface area contributed by atoms with Gasteiger partial charge in [-0.1, -0.05) is 6.07 Å². The lowest BCUT2D eigenvalue weighted by Crippen LogP contribution is -2.20. The average molecular weight is 469 g/mol. The molecule has 1 amide bonds. The Morgan fingerprint density at radius 3 is 2.97 bits per heavy atom. The van der Waals surface area contributed by atoms with E-state index in [0.717, 1.165) is 45.0 Å². The first-order chi connectivity index (χ1) is 17.1. The van der Waals surface area contributed by atoms with E-state index in [4.69, 9.17) is 14.5 Å². The molecular formula is C27H24N4O4. The Bertz CT molecular complexity index is 1510. The number of nitrogens with zero attached hydrogens (tertiary/aromatic N) is 3. The van der Waals surface area contributed by atoms with Gasteiger partial charge in [-0.15, -0.1) is 0 Å². The number of rotatable bonds is 5. The zero-order chi connectivity index (χ0) is 23.7. The Balaban J connectivity index is 1.20. The minimum absolute atomic E-state index is 0.0231. The third-order valence-electron chi connectivity index (χ3n) is 7.21. The summed E-state index contributed by atoms with van der Waals surface area (Å²) in [5.74, 6) is 4.17. The summed E-state index contributed by atoms with van der Waals surface area (Å²) in [5, 5.41) is 12.5. The normalized spacial score (nSPS) is 21.7. The van der Waals surface area contributed by atoms with Crippen LogP contribution in [0, 0.1) is 6.92 Å². The molecular weight excluding hydrogens is 444 g/mol. The van der Waals surface area contributed by atoms with E-state index >= 15 is 0 Å². The monoisotopic (exact) mass is 468 g/mol. The van der Waals surface area contributed by atoms with Crippen molar-refractivity contribution in [1.29, 1.82) is 0 Å². The summed E-state index contributed by atoms with van der Waals surface area (Å²) in [7, 11) is 0. The summed E-state index contributed by atoms with van der Waals surface area (Å²) in [6, 6.07) is 14.0. The number of nitrogens with one attached hydrogen (secondary N) is 1. The number of imidazole rings is 1. The van der Waals surface area contributed by atoms with Gasteiger partial charge in [0.05, 0.1) is 23.6 Å². The molecule has 4 heterocycles. The fourth-order valence-electron chi connectivity index (χ4n) is 5.54. The van der Waals surface area contributed by atoms with Crippen LogP contribution in [0.15, 0.2) is 48.7 Å². The molecule has 1 aliphatic carbocycles. The highest BCUT2D eigenvalue weighted by atomic mass is 16.5. The minimum Gasteiger partial charge on any atom is -0.489 e. The predicted octanol–water partition coefficient (Wildman–Crippen LogP) is 4.05. The Labute approximate surface area is 201 Å². The maximum atomic E-state index is 11.7. The molecule has 3 atom stereocenters. The van der Waals surface area contributed by atoms with E-state index in [1.807, 2.05) is 18.2 Å². The lowest BCUT2D eigenvalue weighted by molar-refractivity contribution is -0.116. The number of aliphatic hydroxyl groups is 1. The van der Waals surface area contributed by atoms with Gasteiger partial charge in [-0.25, -0.2) is 9.97 Å². The van der Waals surface area contributed by atoms with Crippen LogP contribution >= 0.6 is 0 Å². The fourth-order valence-corrected chi connectivity index (χ4v) is 5.54. The van der Waals surface area contributed by atoms with Gasteiger partial charge in [-0.2, -0.15) is 0 Å². The maximum Gasteiger partial charge on any atom is 0.225 e. The van der Waals surface area contributed by atoms with Gasteiger partial charge in [0.2, 0.25) is 5.91 Å². The van der Waals surface area contributed by atoms with Crippen LogP contribution in [0.3, 0.4) is 0 Å². The number of aliphatic hydroxyl groups excluding tert-OH is 1. The largest absolute Gasteiger partial charge is 0.489 e. The van der Waals surface area contributed by atoms with Gasteiger partial charge >= 0.3 is 0 Å². The van der Waals surface area contributed by atoms with Crippen molar-refractivity contribution < 1.29 is 19.4 Å². The zero-order valence-corrected chi connectivity index (χ0v) is 19.2. The topological polar surface area (TPSA) is 98.5 Å². The number of hydrogen-bond acceptors (Lipinski definition) is 6. The number of carbonyl (C=O) groups excluding carboxylic acids is 1. The van der Waals surface area contributed by atoms with Gasteiger partial charge in [-0.3, -0.25) is 4.79 Å². The number of aromatic nitrogens is 3. The van der Waals surface area contributed by atoms with Crippen molar-refractivity contribution in [3.05, 3.63) is 71.2 Å². The van der Waals surface area contributed by atoms with E-state index < -0.39 is 0 Å². The number of amides is 1. The lowest BCUT2D eigenvalue weighted by Gasteiger charge is -2.19. The van der Waals surface area contributed by atoms with E-state index in [0.29, 0.717) is 31.0 Å². The van der Waals surface area contributed by atoms with Crippen LogP contribution < -0.4 is 14.8 Å². The summed E-state index contributed by atoms with van der Waals surface area (Å²) in [5.41, 5.74) is 5.18. The molecule has 2 N–H and O–H groups in total. The molecule has 8 heteroatoms. The number of ether oxygens (including phenoxy) is 2. The molecule has 2 aromatic carbocycles. The van der Waals surface area contributed by atoms with Crippen molar-refractivity contribution >= 4 is 22.8 Å². The molecule has 0 spiro atoms. The van der Waals surface area contributed by atoms with Gasteiger partial charge in [-0.05, 0) is 55.3 Å². The second kappa shape index (κ2) is 7.55. The molecule has 7 rings (SSSR count). The van der Waals surface area contributed by atoms with Gasteiger partial charge in [0.1, 0.15) is 35.0 Å². The number of aryl methyl sites for hydroxylation is 1. The van der Waals surface area contributed by atoms with Crippen molar-refractivity contribution in [2.45, 2.75) is 44.2 Å². The SMILES string of the molecule is Cc1ccc2c(c1)nc(C1C3Oc4ccc(Oc5ccnc6c5CCC(=O)N6)cc4C31)n2CCO. The highest BCUT2D eigenvalue weighted by Gasteiger charge is 2.61. The molecule has 0 bridgehead atoms. The summed E-state index contributed by atoms with van der Waals surface area (Å²) >= 11 is 0. The van der Waals surface area contributed by atoms with Gasteiger partial charge in [0, 0.05) is 36.2 Å². The Hall–Kier alpha value is -3.91. The molecule has 2 aliphatic heterocycles. The molecule has 4 aromatic rings. The highest BCUT2D eigenvalue weighted by Crippen LogP contribution is 2.63. The number of benzene rings is 2. The van der Waals surface area contributed by atoms with E-state index in [1.165, 1.54) is 0 Å². The fraction of sp³-hybridized carbons (Fsp3) is 0.296. The Morgan fingerprint density at radius 2 is 2.09 bits per heavy atom. The molecule has 2 aromatic heterocycles. The molecule has 0 radical (unpaired) electrons. The van der Waals surface area contributed by atoms with Crippen LogP contribution in [-0.2, 0) is 17.8 Å². The molecule has 1 saturated carbocycles. The Kier molecular flexibility index (Phi) is 4.41. The van der Waals surface area contributed by atoms with Crippen LogP contribution in [0.4, 0.5) is 5.82 Å². The third kappa shape index (κ3) is 3.20. The lowest BCUT2D eigenvalue weighted by atomic mass is 10.1. The van der Waals surface area contributed by atoms with E-state index in [-0.39, 0.29) is 30.5 Å². The molecule has 3 aliphatic rings.